The van der Waals surface area contributed by atoms with Gasteiger partial charge in [0, 0.05) is 6.20 Å². The van der Waals surface area contributed by atoms with Gasteiger partial charge >= 0.3 is 23.9 Å². The Labute approximate surface area is 316 Å². The molecule has 14 nitrogen and oxygen atoms in total. The number of ether oxygens (including phenoxy) is 6. The van der Waals surface area contributed by atoms with Gasteiger partial charge in [-0.3, -0.25) is 24.3 Å². The molecule has 0 unspecified atom stereocenters. The van der Waals surface area contributed by atoms with Crippen molar-refractivity contribution in [2.45, 2.75) is 127 Å². The van der Waals surface area contributed by atoms with Crippen molar-refractivity contribution in [2.24, 2.45) is 21.7 Å². The van der Waals surface area contributed by atoms with Crippen molar-refractivity contribution in [1.29, 1.82) is 0 Å². The van der Waals surface area contributed by atoms with Crippen molar-refractivity contribution in [3.05, 3.63) is 47.7 Å². The van der Waals surface area contributed by atoms with Gasteiger partial charge in [-0.25, -0.2) is 4.98 Å². The molecule has 1 aliphatic heterocycles. The second kappa shape index (κ2) is 15.9. The summed E-state index contributed by atoms with van der Waals surface area (Å²) in [7, 11) is 0. The van der Waals surface area contributed by atoms with E-state index in [1.807, 2.05) is 18.2 Å². The van der Waals surface area contributed by atoms with Crippen molar-refractivity contribution in [2.75, 3.05) is 6.61 Å². The smallest absolute Gasteiger partial charge is 0.311 e. The highest BCUT2D eigenvalue weighted by atomic mass is 16.7. The first-order valence-electron chi connectivity index (χ1n) is 18.1. The minimum Gasteiger partial charge on any atom is -0.508 e. The van der Waals surface area contributed by atoms with Crippen LogP contribution in [0.15, 0.2) is 36.5 Å². The summed E-state index contributed by atoms with van der Waals surface area (Å²) in [5.41, 5.74) is -1.73. The number of rotatable bonds is 10. The molecule has 2 N–H and O–H groups in total. The summed E-state index contributed by atoms with van der Waals surface area (Å²) in [6, 6.07) is 8.73. The number of H-pyrrole nitrogens is 1. The van der Waals surface area contributed by atoms with E-state index in [2.05, 4.69) is 15.2 Å². The first-order chi connectivity index (χ1) is 24.9. The number of nitrogens with one attached hydrogen (secondary N) is 1. The molecule has 14 heteroatoms. The number of phenolic OH excluding ortho intramolecular Hbond substituents is 1. The first kappa shape index (κ1) is 42.0. The van der Waals surface area contributed by atoms with Gasteiger partial charge in [0.25, 0.3) is 0 Å². The van der Waals surface area contributed by atoms with Gasteiger partial charge in [-0.15, -0.1) is 5.10 Å². The molecule has 0 aliphatic carbocycles. The molecule has 2 aromatic heterocycles. The molecular weight excluding hydrogens is 698 g/mol. The van der Waals surface area contributed by atoms with E-state index < -0.39 is 82.8 Å². The minimum atomic E-state index is -1.52. The predicted molar refractivity (Wildman–Crippen MR) is 197 cm³/mol. The number of phenols is 1. The van der Waals surface area contributed by atoms with Crippen LogP contribution < -0.4 is 4.74 Å². The fourth-order valence-electron chi connectivity index (χ4n) is 5.11. The Hall–Kier alpha value is -4.72. The summed E-state index contributed by atoms with van der Waals surface area (Å²) >= 11 is 0. The van der Waals surface area contributed by atoms with Gasteiger partial charge in [-0.2, -0.15) is 0 Å². The van der Waals surface area contributed by atoms with E-state index in [0.717, 1.165) is 11.1 Å². The number of carbonyl (C=O) groups excluding carboxylic acids is 4. The number of aromatic nitrogens is 3. The summed E-state index contributed by atoms with van der Waals surface area (Å²) in [4.78, 5) is 58.2. The second-order valence-corrected chi connectivity index (χ2v) is 17.8. The second-order valence-electron chi connectivity index (χ2n) is 17.8. The Bertz CT molecular complexity index is 1810. The van der Waals surface area contributed by atoms with E-state index in [1.165, 1.54) is 0 Å². The van der Waals surface area contributed by atoms with Crippen molar-refractivity contribution in [3.8, 4) is 11.6 Å². The van der Waals surface area contributed by atoms with Gasteiger partial charge in [0.15, 0.2) is 17.9 Å². The summed E-state index contributed by atoms with van der Waals surface area (Å²) in [5.74, 6) is -2.36. The largest absolute Gasteiger partial charge is 0.508 e. The first-order valence-corrected chi connectivity index (χ1v) is 18.1. The normalized spacial score (nSPS) is 20.9. The molecule has 54 heavy (non-hydrogen) atoms. The van der Waals surface area contributed by atoms with Crippen molar-refractivity contribution in [1.82, 2.24) is 15.2 Å². The Balaban J connectivity index is 1.84. The Kier molecular flexibility index (Phi) is 12.4. The number of aromatic amines is 1. The molecular formula is C40H55N3O11. The van der Waals surface area contributed by atoms with Crippen molar-refractivity contribution < 1.29 is 52.7 Å². The van der Waals surface area contributed by atoms with Crippen LogP contribution in [0.25, 0.3) is 11.0 Å². The lowest BCUT2D eigenvalue weighted by molar-refractivity contribution is -0.294. The van der Waals surface area contributed by atoms with E-state index in [9.17, 15) is 24.3 Å². The molecule has 1 saturated heterocycles. The lowest BCUT2D eigenvalue weighted by atomic mass is 9.93. The molecule has 4 rings (SSSR count). The molecule has 0 saturated carbocycles. The van der Waals surface area contributed by atoms with Gasteiger partial charge in [-0.05, 0) is 125 Å². The molecule has 0 spiro atoms. The van der Waals surface area contributed by atoms with Crippen LogP contribution in [0.2, 0.25) is 0 Å². The number of aromatic hydroxyl groups is 1. The molecule has 0 radical (unpaired) electrons. The lowest BCUT2D eigenvalue weighted by Gasteiger charge is -2.45. The van der Waals surface area contributed by atoms with Crippen molar-refractivity contribution in [3.63, 3.8) is 0 Å². The van der Waals surface area contributed by atoms with Gasteiger partial charge in [-0.1, -0.05) is 12.1 Å². The third-order valence-electron chi connectivity index (χ3n) is 8.51. The standard InChI is InChI=1S/C40H55N3O11/c1-37(2,3)33(45)49-21-25-27(51-34(46)38(4,5)6)28(52-35(47)39(7,8)9)29(53-36(48)40(10,11)12)32(50-25)54-31-26-23(19-20-41-30(26)42-43-31)16-13-22-14-17-24(44)18-15-22/h14-15,17-20,25,27-29,32,44H,13,16,21H2,1-12H3,(H,41,42,43)/t25-,27-,28+,29-,32+/m1/s1. The average Bonchev–Trinajstić information content (AvgIpc) is 3.47. The van der Waals surface area contributed by atoms with Gasteiger partial charge in [0.2, 0.25) is 18.3 Å². The zero-order valence-electron chi connectivity index (χ0n) is 33.4. The topological polar surface area (TPSA) is 185 Å². The molecule has 0 amide bonds. The summed E-state index contributed by atoms with van der Waals surface area (Å²) in [6.45, 7) is 19.5. The van der Waals surface area contributed by atoms with Crippen LogP contribution in [-0.2, 0) is 55.7 Å². The molecule has 296 valence electrons. The predicted octanol–water partition coefficient (Wildman–Crippen LogP) is 6.02. The fraction of sp³-hybridized carbons (Fsp3) is 0.600. The van der Waals surface area contributed by atoms with E-state index in [4.69, 9.17) is 28.4 Å². The van der Waals surface area contributed by atoms with E-state index in [0.29, 0.717) is 23.9 Å². The maximum absolute atomic E-state index is 13.6. The Morgan fingerprint density at radius 2 is 1.22 bits per heavy atom. The maximum atomic E-state index is 13.6. The van der Waals surface area contributed by atoms with Crippen LogP contribution in [0.5, 0.6) is 11.6 Å². The number of benzene rings is 1. The third-order valence-corrected chi connectivity index (χ3v) is 8.51. The molecule has 3 aromatic rings. The summed E-state index contributed by atoms with van der Waals surface area (Å²) < 4.78 is 36.9. The van der Waals surface area contributed by atoms with Crippen LogP contribution in [0.4, 0.5) is 0 Å². The lowest BCUT2D eigenvalue weighted by Crippen LogP contribution is -2.65. The van der Waals surface area contributed by atoms with Crippen LogP contribution in [0.1, 0.15) is 94.2 Å². The summed E-state index contributed by atoms with van der Waals surface area (Å²) in [5, 5.41) is 17.5. The van der Waals surface area contributed by atoms with E-state index in [-0.39, 0.29) is 11.6 Å². The number of hydrogen-bond donors (Lipinski definition) is 2. The zero-order chi connectivity index (χ0) is 40.4. The number of nitrogens with zero attached hydrogens (tertiary/aromatic N) is 2. The molecule has 1 fully saturated rings. The number of carbonyl (C=O) groups is 4. The number of pyridine rings is 1. The number of fused-ring (bicyclic) bond motifs is 1. The Morgan fingerprint density at radius 1 is 0.704 bits per heavy atom. The number of esters is 4. The SMILES string of the molecule is CC(C)(C)C(=O)OC[C@H]1O[C@@H](Oc2n[nH]c3nccc(CCc4ccc(O)cc4)c23)[C@H](OC(=O)C(C)(C)C)[C@@H](OC(=O)C(C)(C)C)[C@@H]1OC(=O)C(C)(C)C. The molecule has 0 bridgehead atoms. The molecule has 1 aromatic carbocycles. The monoisotopic (exact) mass is 753 g/mol. The summed E-state index contributed by atoms with van der Waals surface area (Å²) in [6.07, 6.45) is -4.38. The van der Waals surface area contributed by atoms with Gasteiger partial charge in [0.05, 0.1) is 27.0 Å². The number of hydrogen-bond acceptors (Lipinski definition) is 13. The molecule has 3 heterocycles. The van der Waals surface area contributed by atoms with Crippen LogP contribution in [-0.4, -0.2) is 81.5 Å². The van der Waals surface area contributed by atoms with E-state index >= 15 is 0 Å². The van der Waals surface area contributed by atoms with Gasteiger partial charge < -0.3 is 33.5 Å². The van der Waals surface area contributed by atoms with Crippen LogP contribution in [0.3, 0.4) is 0 Å². The minimum absolute atomic E-state index is 0.0529. The average molecular weight is 754 g/mol. The molecule has 1 aliphatic rings. The van der Waals surface area contributed by atoms with Crippen molar-refractivity contribution >= 4 is 34.9 Å². The van der Waals surface area contributed by atoms with E-state index in [1.54, 1.807) is 101 Å². The fourth-order valence-corrected chi connectivity index (χ4v) is 5.11. The maximum Gasteiger partial charge on any atom is 0.311 e. The highest BCUT2D eigenvalue weighted by Crippen LogP contribution is 2.36. The number of aryl methyl sites for hydroxylation is 2. The highest BCUT2D eigenvalue weighted by Gasteiger charge is 2.56. The molecule has 5 atom stereocenters. The third kappa shape index (κ3) is 10.5. The quantitative estimate of drug-likeness (QED) is 0.181. The van der Waals surface area contributed by atoms with Gasteiger partial charge in [0.1, 0.15) is 18.5 Å². The Morgan fingerprint density at radius 3 is 1.76 bits per heavy atom. The highest BCUT2D eigenvalue weighted by molar-refractivity contribution is 5.84. The zero-order valence-corrected chi connectivity index (χ0v) is 33.4. The van der Waals surface area contributed by atoms with Crippen LogP contribution in [0, 0.1) is 21.7 Å². The van der Waals surface area contributed by atoms with Crippen LogP contribution >= 0.6 is 0 Å².